The van der Waals surface area contributed by atoms with E-state index in [0.29, 0.717) is 11.5 Å². The molecule has 2 aromatic carbocycles. The molecule has 3 rings (SSSR count). The van der Waals surface area contributed by atoms with Gasteiger partial charge in [0.25, 0.3) is 0 Å². The van der Waals surface area contributed by atoms with Crippen molar-refractivity contribution in [3.8, 4) is 11.5 Å². The van der Waals surface area contributed by atoms with E-state index in [-0.39, 0.29) is 12.3 Å². The summed E-state index contributed by atoms with van der Waals surface area (Å²) in [7, 11) is 5.27. The molecular weight excluding hydrogens is 316 g/mol. The topological polar surface area (TPSA) is 50.8 Å². The number of nitrogens with zero attached hydrogens (tertiary/aromatic N) is 1. The van der Waals surface area contributed by atoms with E-state index in [0.717, 1.165) is 24.2 Å². The standard InChI is InChI=1S/C20H24N2O3/c1-22-10-4-5-15-7-8-16(13-17(15)22)21-20(23)12-14-6-9-18(24-2)19(11-14)25-3/h6-9,11,13H,4-5,10,12H2,1-3H3,(H,21,23). The first-order valence-electron chi connectivity index (χ1n) is 8.45. The van der Waals surface area contributed by atoms with Gasteiger partial charge in [-0.15, -0.1) is 0 Å². The number of hydrogen-bond acceptors (Lipinski definition) is 4. The number of nitrogens with one attached hydrogen (secondary N) is 1. The maximum atomic E-state index is 12.4. The molecule has 0 aliphatic carbocycles. The zero-order valence-electron chi connectivity index (χ0n) is 15.0. The average Bonchev–Trinajstić information content (AvgIpc) is 2.62. The third-order valence-electron chi connectivity index (χ3n) is 4.53. The number of anilines is 2. The maximum absolute atomic E-state index is 12.4. The van der Waals surface area contributed by atoms with Crippen molar-refractivity contribution < 1.29 is 14.3 Å². The van der Waals surface area contributed by atoms with Crippen LogP contribution in [0.15, 0.2) is 36.4 Å². The minimum Gasteiger partial charge on any atom is -0.493 e. The highest BCUT2D eigenvalue weighted by Crippen LogP contribution is 2.30. The van der Waals surface area contributed by atoms with Crippen molar-refractivity contribution in [2.75, 3.05) is 38.0 Å². The zero-order chi connectivity index (χ0) is 17.8. The number of carbonyl (C=O) groups is 1. The molecule has 1 N–H and O–H groups in total. The normalized spacial score (nSPS) is 13.2. The van der Waals surface area contributed by atoms with Crippen LogP contribution in [-0.2, 0) is 17.6 Å². The van der Waals surface area contributed by atoms with Crippen molar-refractivity contribution in [1.29, 1.82) is 0 Å². The first kappa shape index (κ1) is 17.1. The largest absolute Gasteiger partial charge is 0.493 e. The predicted molar refractivity (Wildman–Crippen MR) is 99.9 cm³/mol. The van der Waals surface area contributed by atoms with E-state index < -0.39 is 0 Å². The first-order chi connectivity index (χ1) is 12.1. The molecule has 0 aromatic heterocycles. The van der Waals surface area contributed by atoms with Crippen LogP contribution in [0.5, 0.6) is 11.5 Å². The summed E-state index contributed by atoms with van der Waals surface area (Å²) in [5, 5.41) is 2.99. The number of amides is 1. The monoisotopic (exact) mass is 340 g/mol. The van der Waals surface area contributed by atoms with E-state index in [1.807, 2.05) is 24.3 Å². The number of benzene rings is 2. The molecule has 0 spiro atoms. The molecule has 0 saturated heterocycles. The van der Waals surface area contributed by atoms with Crippen LogP contribution in [0.1, 0.15) is 17.5 Å². The molecule has 5 nitrogen and oxygen atoms in total. The minimum atomic E-state index is -0.0503. The molecule has 0 atom stereocenters. The number of ether oxygens (including phenoxy) is 2. The van der Waals surface area contributed by atoms with E-state index in [1.165, 1.54) is 17.7 Å². The van der Waals surface area contributed by atoms with Crippen molar-refractivity contribution >= 4 is 17.3 Å². The maximum Gasteiger partial charge on any atom is 0.228 e. The van der Waals surface area contributed by atoms with Crippen molar-refractivity contribution in [2.45, 2.75) is 19.3 Å². The van der Waals surface area contributed by atoms with E-state index in [1.54, 1.807) is 14.2 Å². The Bertz CT molecular complexity index is 774. The second-order valence-electron chi connectivity index (χ2n) is 6.28. The number of aryl methyl sites for hydroxylation is 1. The molecule has 132 valence electrons. The molecule has 0 radical (unpaired) electrons. The molecule has 2 aromatic rings. The molecule has 0 unspecified atom stereocenters. The summed E-state index contributed by atoms with van der Waals surface area (Å²) in [6.45, 7) is 1.05. The highest BCUT2D eigenvalue weighted by Gasteiger charge is 2.15. The summed E-state index contributed by atoms with van der Waals surface area (Å²) in [5.74, 6) is 1.23. The van der Waals surface area contributed by atoms with Gasteiger partial charge in [0.2, 0.25) is 5.91 Å². The van der Waals surface area contributed by atoms with Crippen LogP contribution >= 0.6 is 0 Å². The summed E-state index contributed by atoms with van der Waals surface area (Å²) >= 11 is 0. The fourth-order valence-electron chi connectivity index (χ4n) is 3.22. The molecule has 1 amide bonds. The van der Waals surface area contributed by atoms with Crippen molar-refractivity contribution in [3.63, 3.8) is 0 Å². The highest BCUT2D eigenvalue weighted by molar-refractivity contribution is 5.93. The lowest BCUT2D eigenvalue weighted by molar-refractivity contribution is -0.115. The fourth-order valence-corrected chi connectivity index (χ4v) is 3.22. The summed E-state index contributed by atoms with van der Waals surface area (Å²) in [6, 6.07) is 11.7. The third-order valence-corrected chi connectivity index (χ3v) is 4.53. The van der Waals surface area contributed by atoms with Crippen LogP contribution in [0.4, 0.5) is 11.4 Å². The summed E-state index contributed by atoms with van der Waals surface area (Å²) in [4.78, 5) is 14.6. The number of methoxy groups -OCH3 is 2. The van der Waals surface area contributed by atoms with Gasteiger partial charge in [0.05, 0.1) is 20.6 Å². The van der Waals surface area contributed by atoms with Crippen LogP contribution in [-0.4, -0.2) is 33.7 Å². The number of rotatable bonds is 5. The van der Waals surface area contributed by atoms with E-state index in [4.69, 9.17) is 9.47 Å². The van der Waals surface area contributed by atoms with E-state index in [9.17, 15) is 4.79 Å². The van der Waals surface area contributed by atoms with Gasteiger partial charge in [0.15, 0.2) is 11.5 Å². The van der Waals surface area contributed by atoms with Crippen LogP contribution < -0.4 is 19.7 Å². The van der Waals surface area contributed by atoms with Gasteiger partial charge in [0, 0.05) is 25.0 Å². The van der Waals surface area contributed by atoms with E-state index in [2.05, 4.69) is 29.4 Å². The molecule has 0 saturated carbocycles. The van der Waals surface area contributed by atoms with Gasteiger partial charge in [-0.3, -0.25) is 4.79 Å². The number of carbonyl (C=O) groups excluding carboxylic acids is 1. The van der Waals surface area contributed by atoms with Crippen LogP contribution in [0, 0.1) is 0 Å². The average molecular weight is 340 g/mol. The summed E-state index contributed by atoms with van der Waals surface area (Å²) in [5.41, 5.74) is 4.25. The van der Waals surface area contributed by atoms with Gasteiger partial charge in [-0.2, -0.15) is 0 Å². The summed E-state index contributed by atoms with van der Waals surface area (Å²) in [6.07, 6.45) is 2.56. The van der Waals surface area contributed by atoms with E-state index >= 15 is 0 Å². The second-order valence-corrected chi connectivity index (χ2v) is 6.28. The Morgan fingerprint density at radius 1 is 1.12 bits per heavy atom. The Morgan fingerprint density at radius 2 is 1.92 bits per heavy atom. The molecule has 5 heteroatoms. The van der Waals surface area contributed by atoms with Crippen molar-refractivity contribution in [3.05, 3.63) is 47.5 Å². The van der Waals surface area contributed by atoms with Gasteiger partial charge in [-0.05, 0) is 48.2 Å². The molecule has 1 heterocycles. The van der Waals surface area contributed by atoms with Crippen LogP contribution in [0.3, 0.4) is 0 Å². The van der Waals surface area contributed by atoms with Gasteiger partial charge < -0.3 is 19.7 Å². The highest BCUT2D eigenvalue weighted by atomic mass is 16.5. The van der Waals surface area contributed by atoms with Gasteiger partial charge >= 0.3 is 0 Å². The molecule has 1 aliphatic rings. The van der Waals surface area contributed by atoms with Crippen LogP contribution in [0.25, 0.3) is 0 Å². The Morgan fingerprint density at radius 3 is 2.68 bits per heavy atom. The summed E-state index contributed by atoms with van der Waals surface area (Å²) < 4.78 is 10.5. The molecular formula is C20H24N2O3. The number of hydrogen-bond donors (Lipinski definition) is 1. The quantitative estimate of drug-likeness (QED) is 0.908. The Balaban J connectivity index is 1.70. The fraction of sp³-hybridized carbons (Fsp3) is 0.350. The lowest BCUT2D eigenvalue weighted by Crippen LogP contribution is -2.25. The second kappa shape index (κ2) is 7.47. The molecule has 0 fully saturated rings. The zero-order valence-corrected chi connectivity index (χ0v) is 15.0. The molecule has 0 bridgehead atoms. The third kappa shape index (κ3) is 3.87. The Labute approximate surface area is 148 Å². The van der Waals surface area contributed by atoms with Crippen LogP contribution in [0.2, 0.25) is 0 Å². The lowest BCUT2D eigenvalue weighted by Gasteiger charge is -2.28. The smallest absolute Gasteiger partial charge is 0.228 e. The minimum absolute atomic E-state index is 0.0503. The van der Waals surface area contributed by atoms with Gasteiger partial charge in [-0.1, -0.05) is 12.1 Å². The predicted octanol–water partition coefficient (Wildman–Crippen LogP) is 3.27. The van der Waals surface area contributed by atoms with Crippen molar-refractivity contribution in [2.24, 2.45) is 0 Å². The lowest BCUT2D eigenvalue weighted by atomic mass is 10.0. The molecule has 1 aliphatic heterocycles. The van der Waals surface area contributed by atoms with Crippen molar-refractivity contribution in [1.82, 2.24) is 0 Å². The van der Waals surface area contributed by atoms with Gasteiger partial charge in [0.1, 0.15) is 0 Å². The number of fused-ring (bicyclic) bond motifs is 1. The molecule has 25 heavy (non-hydrogen) atoms. The Hall–Kier alpha value is -2.69. The SMILES string of the molecule is COc1ccc(CC(=O)Nc2ccc3c(c2)N(C)CCC3)cc1OC. The van der Waals surface area contributed by atoms with Gasteiger partial charge in [-0.25, -0.2) is 0 Å². The first-order valence-corrected chi connectivity index (χ1v) is 8.45. The Kier molecular flexibility index (Phi) is 5.12.